The molecule has 0 amide bonds. The summed E-state index contributed by atoms with van der Waals surface area (Å²) in [5, 5.41) is 20.6. The van der Waals surface area contributed by atoms with E-state index < -0.39 is 91.5 Å². The van der Waals surface area contributed by atoms with Crippen LogP contribution in [0.15, 0.2) is 182 Å². The first-order valence-corrected chi connectivity index (χ1v) is 41.1. The molecule has 0 fully saturated rings. The predicted molar refractivity (Wildman–Crippen MR) is 417 cm³/mol. The van der Waals surface area contributed by atoms with Crippen LogP contribution in [0.3, 0.4) is 0 Å². The molecule has 0 radical (unpaired) electrons. The second kappa shape index (κ2) is 74.4. The molecule has 0 aliphatic heterocycles. The number of unbranched alkanes of at least 4 members (excludes halogenated alkanes) is 17. The highest BCUT2D eigenvalue weighted by atomic mass is 31.2. The minimum Gasteiger partial charge on any atom is -0.463 e. The Morgan fingerprint density at radius 2 is 0.505 bits per heavy atom. The van der Waals surface area contributed by atoms with Crippen LogP contribution in [0, 0.1) is 0 Å². The molecule has 4 N–H and O–H groups in total. The van der Waals surface area contributed by atoms with Crippen molar-refractivity contribution in [3.63, 3.8) is 0 Å². The summed E-state index contributed by atoms with van der Waals surface area (Å²) in [6.45, 7) is 2.17. The average Bonchev–Trinajstić information content (AvgIpc) is 1.15. The van der Waals surface area contributed by atoms with Gasteiger partial charge in [0.2, 0.25) is 0 Å². The second-order valence-electron chi connectivity index (χ2n) is 24.7. The molecule has 101 heavy (non-hydrogen) atoms. The third-order valence-corrected chi connectivity index (χ3v) is 17.0. The molecule has 0 aliphatic carbocycles. The highest BCUT2D eigenvalue weighted by Crippen LogP contribution is 2.45. The summed E-state index contributed by atoms with van der Waals surface area (Å²) >= 11 is 0. The van der Waals surface area contributed by atoms with Gasteiger partial charge in [-0.1, -0.05) is 287 Å². The summed E-state index contributed by atoms with van der Waals surface area (Å²) in [6, 6.07) is 0. The molecular weight excluding hydrogens is 1310 g/mol. The van der Waals surface area contributed by atoms with Crippen molar-refractivity contribution in [1.29, 1.82) is 0 Å². The molecule has 5 atom stereocenters. The molecule has 18 heteroatoms. The second-order valence-corrected chi connectivity index (χ2v) is 27.6. The summed E-state index contributed by atoms with van der Waals surface area (Å²) in [7, 11) is -9.83. The number of hydrogen-bond donors (Lipinski definition) is 4. The Labute approximate surface area is 611 Å². The molecular formula is C83H134O16P2. The van der Waals surface area contributed by atoms with E-state index in [1.54, 1.807) is 0 Å². The van der Waals surface area contributed by atoms with Crippen molar-refractivity contribution >= 4 is 33.6 Å². The van der Waals surface area contributed by atoms with Crippen LogP contribution in [0.5, 0.6) is 0 Å². The van der Waals surface area contributed by atoms with E-state index in [0.717, 1.165) is 116 Å². The van der Waals surface area contributed by atoms with Gasteiger partial charge >= 0.3 is 33.6 Å². The number of ether oxygens (including phenoxy) is 3. The van der Waals surface area contributed by atoms with E-state index in [2.05, 4.69) is 179 Å². The number of phosphoric acid groups is 2. The Morgan fingerprint density at radius 1 is 0.277 bits per heavy atom. The highest BCUT2D eigenvalue weighted by Gasteiger charge is 2.29. The molecule has 0 saturated carbocycles. The van der Waals surface area contributed by atoms with E-state index in [9.17, 15) is 43.5 Å². The highest BCUT2D eigenvalue weighted by molar-refractivity contribution is 7.47. The third kappa shape index (κ3) is 75.6. The fraction of sp³-hybridized carbons (Fsp3) is 0.602. The molecule has 0 aromatic rings. The molecule has 572 valence electrons. The minimum atomic E-state index is -4.96. The molecule has 0 rings (SSSR count). The van der Waals surface area contributed by atoms with E-state index in [-0.39, 0.29) is 19.3 Å². The molecule has 0 aromatic heterocycles. The van der Waals surface area contributed by atoms with Gasteiger partial charge in [-0.2, -0.15) is 0 Å². The van der Waals surface area contributed by atoms with Crippen molar-refractivity contribution in [2.45, 2.75) is 283 Å². The zero-order chi connectivity index (χ0) is 73.7. The van der Waals surface area contributed by atoms with Crippen molar-refractivity contribution in [1.82, 2.24) is 0 Å². The van der Waals surface area contributed by atoms with Gasteiger partial charge in [0.1, 0.15) is 25.4 Å². The van der Waals surface area contributed by atoms with Crippen LogP contribution in [0.4, 0.5) is 0 Å². The first-order chi connectivity index (χ1) is 49.2. The standard InChI is InChI=1S/C83H134O16P2/c1-4-7-10-13-16-19-22-25-28-31-32-33-34-35-36-37-38-39-40-41-42-43-44-47-49-51-54-57-60-63-66-69-81(86)93-72-78(84)73-95-100(89,90)96-74-79(85)75-97-101(91,92)98-77-80(99-83(88)71-68-65-62-59-56-53-50-46-30-27-24-21-18-15-12-9-6-3)76-94-82(87)70-67-64-61-58-55-52-48-45-29-26-23-20-17-14-11-8-5-2/h7-12,16-21,25-30,32-33,35-36,48,50,52-53,58-59,61-62,78-80,84-85H,4-6,13-15,22-24,31,34,37-47,49,51,54-57,60,63-77H2,1-3H3,(H,89,90)(H,91,92)/b10-7-,11-8-,12-9-,19-16-,20-17-,21-18-,28-25-,29-26-,30-27-,33-32-,36-35-,52-48-,53-50-,61-58-,62-59-. The number of phosphoric ester groups is 2. The minimum absolute atomic E-state index is 0.00734. The lowest BCUT2D eigenvalue weighted by atomic mass is 10.0. The Hall–Kier alpha value is -5.35. The molecule has 0 saturated heterocycles. The molecule has 16 nitrogen and oxygen atoms in total. The van der Waals surface area contributed by atoms with Crippen molar-refractivity contribution in [2.24, 2.45) is 0 Å². The van der Waals surface area contributed by atoms with Gasteiger partial charge in [0.05, 0.1) is 26.4 Å². The van der Waals surface area contributed by atoms with Gasteiger partial charge in [-0.05, 0) is 141 Å². The van der Waals surface area contributed by atoms with Crippen LogP contribution < -0.4 is 0 Å². The van der Waals surface area contributed by atoms with E-state index in [4.69, 9.17) is 32.3 Å². The lowest BCUT2D eigenvalue weighted by Crippen LogP contribution is -2.30. The van der Waals surface area contributed by atoms with Gasteiger partial charge in [0.25, 0.3) is 0 Å². The molecule has 5 unspecified atom stereocenters. The maximum absolute atomic E-state index is 12.9. The van der Waals surface area contributed by atoms with E-state index >= 15 is 0 Å². The lowest BCUT2D eigenvalue weighted by Gasteiger charge is -2.21. The van der Waals surface area contributed by atoms with Crippen LogP contribution in [0.25, 0.3) is 0 Å². The monoisotopic (exact) mass is 1450 g/mol. The number of allylic oxidation sites excluding steroid dienone is 30. The SMILES string of the molecule is CC/C=C\C/C=C\C/C=C\C/C=C\C/C=C\CCCCCCCCCCCCCCCCCC(=O)OCC(O)COP(=O)(O)OCC(O)COP(=O)(O)OCC(COC(=O)CCC/C=C\C/C=C\C/C=C\C/C=C\C/C=C\CC)OC(=O)CCC/C=C\C/C=C\C/C=C\C/C=C\C/C=C\CC. The fourth-order valence-corrected chi connectivity index (χ4v) is 11.0. The van der Waals surface area contributed by atoms with Gasteiger partial charge in [-0.15, -0.1) is 0 Å². The number of aliphatic hydroxyl groups is 2. The summed E-state index contributed by atoms with van der Waals surface area (Å²) < 4.78 is 60.9. The molecule has 0 aromatic carbocycles. The first-order valence-electron chi connectivity index (χ1n) is 38.1. The Kier molecular flexibility index (Phi) is 70.4. The van der Waals surface area contributed by atoms with Gasteiger partial charge < -0.3 is 34.2 Å². The number of carbonyl (C=O) groups is 3. The first kappa shape index (κ1) is 95.6. The maximum atomic E-state index is 12.9. The van der Waals surface area contributed by atoms with Gasteiger partial charge in [-0.3, -0.25) is 32.5 Å². The van der Waals surface area contributed by atoms with Crippen molar-refractivity contribution in [2.75, 3.05) is 39.6 Å². The normalized spacial score (nSPS) is 15.0. The van der Waals surface area contributed by atoms with E-state index in [0.29, 0.717) is 32.1 Å². The van der Waals surface area contributed by atoms with Crippen LogP contribution in [-0.2, 0) is 55.8 Å². The largest absolute Gasteiger partial charge is 0.472 e. The quantitative estimate of drug-likeness (QED) is 0.0146. The van der Waals surface area contributed by atoms with Crippen molar-refractivity contribution in [3.05, 3.63) is 182 Å². The van der Waals surface area contributed by atoms with E-state index in [1.165, 1.54) is 77.0 Å². The number of aliphatic hydroxyl groups excluding tert-OH is 2. The van der Waals surface area contributed by atoms with Crippen LogP contribution in [-0.4, -0.2) is 95.9 Å². The number of esters is 3. The van der Waals surface area contributed by atoms with Gasteiger partial charge in [0.15, 0.2) is 6.10 Å². The topological polar surface area (TPSA) is 231 Å². The van der Waals surface area contributed by atoms with Crippen LogP contribution in [0.2, 0.25) is 0 Å². The smallest absolute Gasteiger partial charge is 0.463 e. The maximum Gasteiger partial charge on any atom is 0.472 e. The summed E-state index contributed by atoms with van der Waals surface area (Å²) in [6.07, 6.45) is 95.5. The molecule has 0 heterocycles. The summed E-state index contributed by atoms with van der Waals surface area (Å²) in [5.41, 5.74) is 0. The van der Waals surface area contributed by atoms with Gasteiger partial charge in [-0.25, -0.2) is 9.13 Å². The Balaban J connectivity index is 4.57. The summed E-state index contributed by atoms with van der Waals surface area (Å²) in [4.78, 5) is 58.5. The zero-order valence-corrected chi connectivity index (χ0v) is 64.0. The predicted octanol–water partition coefficient (Wildman–Crippen LogP) is 22.2. The van der Waals surface area contributed by atoms with Crippen molar-refractivity contribution < 1.29 is 75.8 Å². The molecule has 0 spiro atoms. The summed E-state index contributed by atoms with van der Waals surface area (Å²) in [5.74, 6) is -1.73. The number of carbonyl (C=O) groups excluding carboxylic acids is 3. The molecule has 0 aliphatic rings. The average molecular weight is 1450 g/mol. The zero-order valence-electron chi connectivity index (χ0n) is 62.2. The van der Waals surface area contributed by atoms with Crippen LogP contribution >= 0.6 is 15.6 Å². The van der Waals surface area contributed by atoms with Gasteiger partial charge in [0, 0.05) is 19.3 Å². The van der Waals surface area contributed by atoms with Crippen LogP contribution in [0.1, 0.15) is 265 Å². The third-order valence-electron chi connectivity index (χ3n) is 15.1. The van der Waals surface area contributed by atoms with E-state index in [1.807, 2.05) is 24.3 Å². The number of hydrogen-bond acceptors (Lipinski definition) is 14. The van der Waals surface area contributed by atoms with Crippen molar-refractivity contribution in [3.8, 4) is 0 Å². The molecule has 0 bridgehead atoms. The fourth-order valence-electron chi connectivity index (χ4n) is 9.43. The number of rotatable bonds is 70. The lowest BCUT2D eigenvalue weighted by molar-refractivity contribution is -0.161. The Morgan fingerprint density at radius 3 is 0.822 bits per heavy atom. The Bertz CT molecular complexity index is 2570.